The number of methoxy groups -OCH3 is 1. The number of ether oxygens (including phenoxy) is 2. The van der Waals surface area contributed by atoms with E-state index in [0.717, 1.165) is 0 Å². The molecule has 1 aromatic heterocycles. The zero-order chi connectivity index (χ0) is 20.3. The number of nitrogens with one attached hydrogen (secondary N) is 1. The van der Waals surface area contributed by atoms with Gasteiger partial charge in [-0.15, -0.1) is 0 Å². The van der Waals surface area contributed by atoms with Crippen LogP contribution in [0.5, 0.6) is 11.5 Å². The van der Waals surface area contributed by atoms with Crippen LogP contribution >= 0.6 is 0 Å². The van der Waals surface area contributed by atoms with Gasteiger partial charge in [-0.2, -0.15) is 0 Å². The molecule has 2 rings (SSSR count). The number of benzene rings is 1. The molecule has 1 heterocycles. The van der Waals surface area contributed by atoms with Crippen LogP contribution < -0.4 is 20.8 Å². The monoisotopic (exact) mass is 376 g/mol. The summed E-state index contributed by atoms with van der Waals surface area (Å²) in [6.45, 7) is 4.37. The Labute approximate surface area is 154 Å². The molecule has 0 aliphatic heterocycles. The largest absolute Gasteiger partial charge is 0.493 e. The molecule has 0 atom stereocenters. The molecular weight excluding hydrogens is 356 g/mol. The van der Waals surface area contributed by atoms with Gasteiger partial charge in [-0.25, -0.2) is 9.59 Å². The second-order valence-electron chi connectivity index (χ2n) is 6.17. The van der Waals surface area contributed by atoms with E-state index < -0.39 is 34.4 Å². The Morgan fingerprint density at radius 3 is 2.30 bits per heavy atom. The molecule has 0 saturated carbocycles. The highest BCUT2D eigenvalue weighted by Gasteiger charge is 2.27. The van der Waals surface area contributed by atoms with Crippen molar-refractivity contribution >= 4 is 17.8 Å². The standard InChI is InChI=1S/C18H20N2O7/c1-8(2)7-27-10-5-4-9(6-11(10)26-3)12-13(17(22)23)15(19)20-16(21)14(12)18(24)25/h4-6,8H,7H2,1-3H3,(H,22,23)(H,24,25)(H3,19,20,21). The molecule has 0 bridgehead atoms. The van der Waals surface area contributed by atoms with Crippen LogP contribution in [0.15, 0.2) is 23.0 Å². The van der Waals surface area contributed by atoms with E-state index in [1.807, 2.05) is 13.8 Å². The summed E-state index contributed by atoms with van der Waals surface area (Å²) in [5, 5.41) is 18.9. The zero-order valence-corrected chi connectivity index (χ0v) is 15.0. The van der Waals surface area contributed by atoms with E-state index in [1.54, 1.807) is 0 Å². The van der Waals surface area contributed by atoms with Gasteiger partial charge in [-0.1, -0.05) is 19.9 Å². The SMILES string of the molecule is COc1cc(-c2c(C(=O)O)c(N)[nH]c(=O)c2C(=O)O)ccc1OCC(C)C. The van der Waals surface area contributed by atoms with Gasteiger partial charge in [0.25, 0.3) is 5.56 Å². The molecular formula is C18H20N2O7. The van der Waals surface area contributed by atoms with E-state index in [9.17, 15) is 24.6 Å². The van der Waals surface area contributed by atoms with Crippen LogP contribution in [-0.2, 0) is 0 Å². The fraction of sp³-hybridized carbons (Fsp3) is 0.278. The smallest absolute Gasteiger partial charge is 0.342 e. The first-order valence-electron chi connectivity index (χ1n) is 8.00. The molecule has 0 amide bonds. The molecule has 5 N–H and O–H groups in total. The highest BCUT2D eigenvalue weighted by atomic mass is 16.5. The number of aromatic carboxylic acids is 2. The molecule has 9 nitrogen and oxygen atoms in total. The summed E-state index contributed by atoms with van der Waals surface area (Å²) in [5.74, 6) is -2.56. The van der Waals surface area contributed by atoms with Crippen molar-refractivity contribution in [2.45, 2.75) is 13.8 Å². The fourth-order valence-electron chi connectivity index (χ4n) is 2.53. The maximum Gasteiger partial charge on any atom is 0.342 e. The fourth-order valence-corrected chi connectivity index (χ4v) is 2.53. The van der Waals surface area contributed by atoms with Gasteiger partial charge in [-0.05, 0) is 23.6 Å². The second-order valence-corrected chi connectivity index (χ2v) is 6.17. The van der Waals surface area contributed by atoms with Crippen molar-refractivity contribution in [3.63, 3.8) is 0 Å². The third kappa shape index (κ3) is 4.02. The van der Waals surface area contributed by atoms with Crippen molar-refractivity contribution in [1.29, 1.82) is 0 Å². The van der Waals surface area contributed by atoms with Gasteiger partial charge in [0.15, 0.2) is 11.5 Å². The summed E-state index contributed by atoms with van der Waals surface area (Å²) in [5.41, 5.74) is 3.24. The first kappa shape index (κ1) is 19.8. The van der Waals surface area contributed by atoms with Crippen LogP contribution in [0.2, 0.25) is 0 Å². The molecule has 2 aromatic rings. The Bertz CT molecular complexity index is 947. The zero-order valence-electron chi connectivity index (χ0n) is 15.0. The van der Waals surface area contributed by atoms with Crippen molar-refractivity contribution in [3.8, 4) is 22.6 Å². The minimum absolute atomic E-state index is 0.149. The van der Waals surface area contributed by atoms with Crippen molar-refractivity contribution in [2.24, 2.45) is 5.92 Å². The molecule has 1 aromatic carbocycles. The Kier molecular flexibility index (Phi) is 5.74. The number of aromatic amines is 1. The van der Waals surface area contributed by atoms with Gasteiger partial charge in [-0.3, -0.25) is 4.79 Å². The van der Waals surface area contributed by atoms with Crippen molar-refractivity contribution in [3.05, 3.63) is 39.7 Å². The summed E-state index contributed by atoms with van der Waals surface area (Å²) >= 11 is 0. The molecule has 0 unspecified atom stereocenters. The molecule has 0 saturated heterocycles. The van der Waals surface area contributed by atoms with Gasteiger partial charge in [0, 0.05) is 5.56 Å². The minimum atomic E-state index is -1.58. The predicted octanol–water partition coefficient (Wildman–Crippen LogP) is 2.06. The average Bonchev–Trinajstić information content (AvgIpc) is 2.58. The Balaban J connectivity index is 2.75. The number of carboxylic acids is 2. The summed E-state index contributed by atoms with van der Waals surface area (Å²) in [4.78, 5) is 37.4. The van der Waals surface area contributed by atoms with E-state index in [-0.39, 0.29) is 22.8 Å². The minimum Gasteiger partial charge on any atom is -0.493 e. The van der Waals surface area contributed by atoms with Gasteiger partial charge >= 0.3 is 11.9 Å². The lowest BCUT2D eigenvalue weighted by Crippen LogP contribution is -2.24. The van der Waals surface area contributed by atoms with E-state index in [0.29, 0.717) is 12.4 Å². The number of nitrogen functional groups attached to an aromatic ring is 1. The van der Waals surface area contributed by atoms with E-state index in [2.05, 4.69) is 4.98 Å². The Hall–Kier alpha value is -3.49. The van der Waals surface area contributed by atoms with Gasteiger partial charge < -0.3 is 30.4 Å². The van der Waals surface area contributed by atoms with Gasteiger partial charge in [0.05, 0.1) is 13.7 Å². The number of hydrogen-bond donors (Lipinski definition) is 4. The highest BCUT2D eigenvalue weighted by Crippen LogP contribution is 2.36. The van der Waals surface area contributed by atoms with Crippen LogP contribution in [-0.4, -0.2) is 40.9 Å². The molecule has 0 aliphatic carbocycles. The topological polar surface area (TPSA) is 152 Å². The van der Waals surface area contributed by atoms with E-state index >= 15 is 0 Å². The van der Waals surface area contributed by atoms with E-state index in [1.165, 1.54) is 25.3 Å². The van der Waals surface area contributed by atoms with Gasteiger partial charge in [0.2, 0.25) is 0 Å². The van der Waals surface area contributed by atoms with Crippen LogP contribution in [0, 0.1) is 5.92 Å². The molecule has 0 fully saturated rings. The highest BCUT2D eigenvalue weighted by molar-refractivity contribution is 6.07. The summed E-state index contributed by atoms with van der Waals surface area (Å²) in [6.07, 6.45) is 0. The molecule has 27 heavy (non-hydrogen) atoms. The molecule has 0 aliphatic rings. The number of hydrogen-bond acceptors (Lipinski definition) is 6. The van der Waals surface area contributed by atoms with Crippen LogP contribution in [0.1, 0.15) is 34.6 Å². The second kappa shape index (κ2) is 7.81. The summed E-state index contributed by atoms with van der Waals surface area (Å²) < 4.78 is 10.9. The lowest BCUT2D eigenvalue weighted by Gasteiger charge is -2.16. The first-order valence-corrected chi connectivity index (χ1v) is 8.00. The summed E-state index contributed by atoms with van der Waals surface area (Å²) in [6, 6.07) is 4.37. The predicted molar refractivity (Wildman–Crippen MR) is 97.7 cm³/mol. The third-order valence-corrected chi connectivity index (χ3v) is 3.70. The van der Waals surface area contributed by atoms with Crippen LogP contribution in [0.25, 0.3) is 11.1 Å². The normalized spacial score (nSPS) is 10.7. The Morgan fingerprint density at radius 2 is 1.78 bits per heavy atom. The number of carboxylic acid groups (broad SMARTS) is 2. The number of pyridine rings is 1. The van der Waals surface area contributed by atoms with Crippen molar-refractivity contribution < 1.29 is 29.3 Å². The maximum atomic E-state index is 12.1. The molecule has 9 heteroatoms. The first-order chi connectivity index (χ1) is 12.7. The van der Waals surface area contributed by atoms with Crippen molar-refractivity contribution in [2.75, 3.05) is 19.5 Å². The van der Waals surface area contributed by atoms with E-state index in [4.69, 9.17) is 15.2 Å². The lowest BCUT2D eigenvalue weighted by molar-refractivity contribution is 0.0695. The number of nitrogens with two attached hydrogens (primary N) is 1. The number of H-pyrrole nitrogens is 1. The lowest BCUT2D eigenvalue weighted by atomic mass is 9.95. The van der Waals surface area contributed by atoms with Crippen LogP contribution in [0.4, 0.5) is 5.82 Å². The molecule has 144 valence electrons. The molecule has 0 radical (unpaired) electrons. The number of carbonyl (C=O) groups is 2. The van der Waals surface area contributed by atoms with Crippen molar-refractivity contribution in [1.82, 2.24) is 4.98 Å². The quantitative estimate of drug-likeness (QED) is 0.573. The van der Waals surface area contributed by atoms with Gasteiger partial charge in [0.1, 0.15) is 16.9 Å². The molecule has 0 spiro atoms. The number of rotatable bonds is 7. The number of aromatic nitrogens is 1. The average molecular weight is 376 g/mol. The summed E-state index contributed by atoms with van der Waals surface area (Å²) in [7, 11) is 1.39. The third-order valence-electron chi connectivity index (χ3n) is 3.70. The Morgan fingerprint density at radius 1 is 1.15 bits per heavy atom. The maximum absolute atomic E-state index is 12.1. The van der Waals surface area contributed by atoms with Crippen LogP contribution in [0.3, 0.4) is 0 Å². The number of anilines is 1.